The average Bonchev–Trinajstić information content (AvgIpc) is 2.90. The van der Waals surface area contributed by atoms with Crippen LogP contribution in [0.5, 0.6) is 5.75 Å². The molecule has 2 aromatic carbocycles. The molecule has 3 rings (SSSR count). The van der Waals surface area contributed by atoms with E-state index in [1.807, 2.05) is 37.3 Å². The summed E-state index contributed by atoms with van der Waals surface area (Å²) in [5, 5.41) is 0.236. The minimum Gasteiger partial charge on any atom is -0.492 e. The van der Waals surface area contributed by atoms with Gasteiger partial charge in [-0.2, -0.15) is 0 Å². The van der Waals surface area contributed by atoms with Crippen molar-refractivity contribution in [2.24, 2.45) is 0 Å². The van der Waals surface area contributed by atoms with Crippen LogP contribution in [0.3, 0.4) is 0 Å². The molecular weight excluding hydrogens is 450 g/mol. The van der Waals surface area contributed by atoms with E-state index in [1.165, 1.54) is 4.90 Å². The van der Waals surface area contributed by atoms with Gasteiger partial charge in [0, 0.05) is 5.02 Å². The summed E-state index contributed by atoms with van der Waals surface area (Å²) in [6.45, 7) is 2.84. The normalized spacial score (nSPS) is 15.7. The Balaban J connectivity index is 1.78. The number of hydrogen-bond donors (Lipinski definition) is 0. The highest BCUT2D eigenvalue weighted by molar-refractivity contribution is 9.10. The molecule has 0 saturated carbocycles. The summed E-state index contributed by atoms with van der Waals surface area (Å²) < 4.78 is 6.43. The number of carbonyl (C=O) groups excluding carboxylic acids is 2. The van der Waals surface area contributed by atoms with E-state index in [-0.39, 0.29) is 17.7 Å². The highest BCUT2D eigenvalue weighted by atomic mass is 79.9. The van der Waals surface area contributed by atoms with Gasteiger partial charge in [-0.1, -0.05) is 42.8 Å². The molecule has 27 heavy (non-hydrogen) atoms. The molecule has 0 aromatic heterocycles. The average molecular weight is 467 g/mol. The van der Waals surface area contributed by atoms with Crippen molar-refractivity contribution in [1.29, 1.82) is 0 Å². The zero-order valence-electron chi connectivity index (χ0n) is 14.6. The van der Waals surface area contributed by atoms with Crippen molar-refractivity contribution in [2.75, 3.05) is 6.61 Å². The van der Waals surface area contributed by atoms with Crippen LogP contribution in [0.25, 0.3) is 6.08 Å². The number of rotatable bonds is 6. The molecule has 1 fully saturated rings. The first-order valence-electron chi connectivity index (χ1n) is 8.40. The SMILES string of the molecule is CCCOc1ccc(/C=C2\SC(=O)N(Cc3ccccc3Cl)C2=O)cc1Br. The van der Waals surface area contributed by atoms with Gasteiger partial charge in [-0.3, -0.25) is 14.5 Å². The zero-order chi connectivity index (χ0) is 19.4. The maximum atomic E-state index is 12.7. The lowest BCUT2D eigenvalue weighted by molar-refractivity contribution is -0.123. The topological polar surface area (TPSA) is 46.6 Å². The van der Waals surface area contributed by atoms with Crippen molar-refractivity contribution in [3.05, 3.63) is 68.0 Å². The van der Waals surface area contributed by atoms with Gasteiger partial charge in [-0.25, -0.2) is 0 Å². The van der Waals surface area contributed by atoms with E-state index in [0.29, 0.717) is 16.5 Å². The molecule has 4 nitrogen and oxygen atoms in total. The molecule has 1 aliphatic heterocycles. The molecule has 0 N–H and O–H groups in total. The van der Waals surface area contributed by atoms with Crippen LogP contribution in [0.4, 0.5) is 4.79 Å². The first kappa shape index (κ1) is 20.0. The second-order valence-corrected chi connectivity index (χ2v) is 8.15. The van der Waals surface area contributed by atoms with Gasteiger partial charge >= 0.3 is 0 Å². The second-order valence-electron chi connectivity index (χ2n) is 5.90. The van der Waals surface area contributed by atoms with E-state index in [0.717, 1.165) is 39.5 Å². The highest BCUT2D eigenvalue weighted by Gasteiger charge is 2.35. The Labute approximate surface area is 175 Å². The Morgan fingerprint density at radius 2 is 2.00 bits per heavy atom. The summed E-state index contributed by atoms with van der Waals surface area (Å²) in [5.41, 5.74) is 1.55. The standard InChI is InChI=1S/C20H17BrClNO3S/c1-2-9-26-17-8-7-13(10-15(17)21)11-18-19(24)23(20(25)27-18)12-14-5-3-4-6-16(14)22/h3-8,10-11H,2,9,12H2,1H3/b18-11-. The molecule has 0 bridgehead atoms. The first-order chi connectivity index (χ1) is 13.0. The van der Waals surface area contributed by atoms with E-state index < -0.39 is 0 Å². The molecular formula is C20H17BrClNO3S. The van der Waals surface area contributed by atoms with E-state index in [4.69, 9.17) is 16.3 Å². The third-order valence-electron chi connectivity index (χ3n) is 3.88. The molecule has 0 unspecified atom stereocenters. The molecule has 1 heterocycles. The van der Waals surface area contributed by atoms with Crippen molar-refractivity contribution in [3.8, 4) is 5.75 Å². The maximum Gasteiger partial charge on any atom is 0.293 e. The summed E-state index contributed by atoms with van der Waals surface area (Å²) in [6, 6.07) is 12.8. The van der Waals surface area contributed by atoms with E-state index in [2.05, 4.69) is 15.9 Å². The largest absolute Gasteiger partial charge is 0.492 e. The molecule has 0 radical (unpaired) electrons. The smallest absolute Gasteiger partial charge is 0.293 e. The molecule has 1 aliphatic rings. The van der Waals surface area contributed by atoms with Crippen LogP contribution in [0.15, 0.2) is 51.8 Å². The van der Waals surface area contributed by atoms with E-state index >= 15 is 0 Å². The number of hydrogen-bond acceptors (Lipinski definition) is 4. The van der Waals surface area contributed by atoms with Crippen LogP contribution in [0.1, 0.15) is 24.5 Å². The lowest BCUT2D eigenvalue weighted by atomic mass is 10.2. The van der Waals surface area contributed by atoms with Crippen molar-refractivity contribution in [3.63, 3.8) is 0 Å². The van der Waals surface area contributed by atoms with Gasteiger partial charge in [0.25, 0.3) is 11.1 Å². The maximum absolute atomic E-state index is 12.7. The Morgan fingerprint density at radius 3 is 2.70 bits per heavy atom. The van der Waals surface area contributed by atoms with Gasteiger partial charge in [0.15, 0.2) is 0 Å². The van der Waals surface area contributed by atoms with E-state index in [1.54, 1.807) is 18.2 Å². The van der Waals surface area contributed by atoms with Crippen LogP contribution in [-0.2, 0) is 11.3 Å². The number of amides is 2. The number of halogens is 2. The molecule has 0 spiro atoms. The molecule has 0 aliphatic carbocycles. The fourth-order valence-electron chi connectivity index (χ4n) is 2.52. The molecule has 7 heteroatoms. The Bertz CT molecular complexity index is 916. The number of imide groups is 1. The van der Waals surface area contributed by atoms with Crippen LogP contribution >= 0.6 is 39.3 Å². The van der Waals surface area contributed by atoms with Crippen molar-refractivity contribution in [1.82, 2.24) is 4.90 Å². The Hall–Kier alpha value is -1.76. The lowest BCUT2D eigenvalue weighted by Crippen LogP contribution is -2.27. The quantitative estimate of drug-likeness (QED) is 0.481. The number of carbonyl (C=O) groups is 2. The number of ether oxygens (including phenoxy) is 1. The third-order valence-corrected chi connectivity index (χ3v) is 5.77. The summed E-state index contributed by atoms with van der Waals surface area (Å²) in [4.78, 5) is 26.6. The minimum atomic E-state index is -0.313. The van der Waals surface area contributed by atoms with Gasteiger partial charge < -0.3 is 4.74 Å². The molecule has 2 amide bonds. The molecule has 140 valence electrons. The summed E-state index contributed by atoms with van der Waals surface area (Å²) in [6.07, 6.45) is 2.64. The van der Waals surface area contributed by atoms with Gasteiger partial charge in [-0.15, -0.1) is 0 Å². The highest BCUT2D eigenvalue weighted by Crippen LogP contribution is 2.35. The first-order valence-corrected chi connectivity index (χ1v) is 10.4. The van der Waals surface area contributed by atoms with Crippen LogP contribution in [0.2, 0.25) is 5.02 Å². The van der Waals surface area contributed by atoms with Crippen molar-refractivity contribution >= 4 is 56.5 Å². The van der Waals surface area contributed by atoms with Crippen LogP contribution in [-0.4, -0.2) is 22.7 Å². The fourth-order valence-corrected chi connectivity index (χ4v) is 4.07. The minimum absolute atomic E-state index is 0.162. The van der Waals surface area contributed by atoms with Gasteiger partial charge in [0.05, 0.1) is 22.5 Å². The fraction of sp³-hybridized carbons (Fsp3) is 0.200. The van der Waals surface area contributed by atoms with Crippen molar-refractivity contribution < 1.29 is 14.3 Å². The monoisotopic (exact) mass is 465 g/mol. The predicted molar refractivity (Wildman–Crippen MR) is 113 cm³/mol. The van der Waals surface area contributed by atoms with Gasteiger partial charge in [0.2, 0.25) is 0 Å². The predicted octanol–water partition coefficient (Wildman–Crippen LogP) is 6.13. The number of nitrogens with zero attached hydrogens (tertiary/aromatic N) is 1. The number of benzene rings is 2. The van der Waals surface area contributed by atoms with Gasteiger partial charge in [-0.05, 0) is 69.5 Å². The zero-order valence-corrected chi connectivity index (χ0v) is 17.7. The summed E-state index contributed by atoms with van der Waals surface area (Å²) >= 11 is 10.6. The molecule has 0 atom stereocenters. The van der Waals surface area contributed by atoms with Gasteiger partial charge in [0.1, 0.15) is 5.75 Å². The van der Waals surface area contributed by atoms with Crippen LogP contribution in [0, 0.1) is 0 Å². The molecule has 2 aromatic rings. The Kier molecular flexibility index (Phi) is 6.63. The number of thioether (sulfide) groups is 1. The Morgan fingerprint density at radius 1 is 1.22 bits per heavy atom. The lowest BCUT2D eigenvalue weighted by Gasteiger charge is -2.13. The summed E-state index contributed by atoms with van der Waals surface area (Å²) in [5.74, 6) is 0.438. The van der Waals surface area contributed by atoms with Crippen molar-refractivity contribution in [2.45, 2.75) is 19.9 Å². The second kappa shape index (κ2) is 8.95. The molecule has 1 saturated heterocycles. The third kappa shape index (κ3) is 4.75. The summed E-state index contributed by atoms with van der Waals surface area (Å²) in [7, 11) is 0. The van der Waals surface area contributed by atoms with E-state index in [9.17, 15) is 9.59 Å². The van der Waals surface area contributed by atoms with Crippen LogP contribution < -0.4 is 4.74 Å².